The molecular formula is C13H16N4O3. The fourth-order valence-electron chi connectivity index (χ4n) is 1.77. The molecule has 0 fully saturated rings. The Morgan fingerprint density at radius 3 is 2.75 bits per heavy atom. The fraction of sp³-hybridized carbons (Fsp3) is 0.308. The minimum Gasteiger partial charge on any atom is -0.434 e. The van der Waals surface area contributed by atoms with Crippen LogP contribution >= 0.6 is 0 Å². The topological polar surface area (TPSA) is 78.2 Å². The number of benzene rings is 1. The van der Waals surface area contributed by atoms with E-state index in [0.717, 1.165) is 14.8 Å². The largest absolute Gasteiger partial charge is 0.434 e. The summed E-state index contributed by atoms with van der Waals surface area (Å²) in [7, 11) is 4.69. The Hall–Kier alpha value is -2.41. The summed E-state index contributed by atoms with van der Waals surface area (Å²) in [5.41, 5.74) is -0.0370. The Morgan fingerprint density at radius 1 is 1.30 bits per heavy atom. The molecule has 0 amide bonds. The molecule has 0 aliphatic rings. The molecule has 7 nitrogen and oxygen atoms in total. The Morgan fingerprint density at radius 2 is 2.05 bits per heavy atom. The summed E-state index contributed by atoms with van der Waals surface area (Å²) in [6.45, 7) is 0.690. The number of hydrogen-bond donors (Lipinski definition) is 1. The van der Waals surface area contributed by atoms with Gasteiger partial charge in [0.2, 0.25) is 0 Å². The van der Waals surface area contributed by atoms with Gasteiger partial charge in [-0.05, 0) is 24.7 Å². The third kappa shape index (κ3) is 2.77. The molecule has 0 unspecified atom stereocenters. The van der Waals surface area contributed by atoms with E-state index in [9.17, 15) is 9.59 Å². The highest BCUT2D eigenvalue weighted by atomic mass is 16.5. The first-order valence-corrected chi connectivity index (χ1v) is 6.08. The SMILES string of the molecule is CNCc1cccc(Oc2nn(C)c(=O)n(C)c2=O)c1. The van der Waals surface area contributed by atoms with Crippen molar-refractivity contribution in [3.63, 3.8) is 0 Å². The molecule has 0 atom stereocenters. The maximum atomic E-state index is 11.9. The summed E-state index contributed by atoms with van der Waals surface area (Å²) in [6.07, 6.45) is 0. The molecule has 1 N–H and O–H groups in total. The summed E-state index contributed by atoms with van der Waals surface area (Å²) in [6, 6.07) is 7.30. The van der Waals surface area contributed by atoms with Crippen molar-refractivity contribution in [3.8, 4) is 11.6 Å². The lowest BCUT2D eigenvalue weighted by atomic mass is 10.2. The molecule has 2 aromatic rings. The standard InChI is InChI=1S/C13H16N4O3/c1-14-8-9-5-4-6-10(7-9)20-11-12(18)16(2)13(19)17(3)15-11/h4-7,14H,8H2,1-3H3. The van der Waals surface area contributed by atoms with Gasteiger partial charge in [0.15, 0.2) is 0 Å². The monoisotopic (exact) mass is 276 g/mol. The molecule has 106 valence electrons. The molecule has 0 radical (unpaired) electrons. The third-order valence-corrected chi connectivity index (χ3v) is 2.79. The van der Waals surface area contributed by atoms with Crippen LogP contribution in [0.25, 0.3) is 0 Å². The highest BCUT2D eigenvalue weighted by molar-refractivity contribution is 5.30. The number of aryl methyl sites for hydroxylation is 1. The highest BCUT2D eigenvalue weighted by Crippen LogP contribution is 2.17. The molecular weight excluding hydrogens is 260 g/mol. The molecule has 7 heteroatoms. The van der Waals surface area contributed by atoms with Gasteiger partial charge in [0.1, 0.15) is 5.75 Å². The second-order valence-corrected chi connectivity index (χ2v) is 4.36. The van der Waals surface area contributed by atoms with Crippen LogP contribution in [0, 0.1) is 0 Å². The zero-order valence-corrected chi connectivity index (χ0v) is 11.6. The Bertz CT molecular complexity index is 733. The molecule has 1 aromatic heterocycles. The van der Waals surface area contributed by atoms with Crippen LogP contribution in [0.4, 0.5) is 0 Å². The number of nitrogens with zero attached hydrogens (tertiary/aromatic N) is 3. The van der Waals surface area contributed by atoms with Gasteiger partial charge in [0.25, 0.3) is 0 Å². The average molecular weight is 276 g/mol. The van der Waals surface area contributed by atoms with Gasteiger partial charge in [-0.15, -0.1) is 5.10 Å². The lowest BCUT2D eigenvalue weighted by molar-refractivity contribution is 0.414. The molecule has 1 aromatic carbocycles. The van der Waals surface area contributed by atoms with E-state index in [1.165, 1.54) is 14.1 Å². The van der Waals surface area contributed by atoms with E-state index in [1.807, 2.05) is 25.2 Å². The van der Waals surface area contributed by atoms with Crippen molar-refractivity contribution in [3.05, 3.63) is 50.7 Å². The zero-order valence-electron chi connectivity index (χ0n) is 11.6. The average Bonchev–Trinajstić information content (AvgIpc) is 2.43. The fourth-order valence-corrected chi connectivity index (χ4v) is 1.77. The van der Waals surface area contributed by atoms with Crippen LogP contribution < -0.4 is 21.3 Å². The second-order valence-electron chi connectivity index (χ2n) is 4.36. The molecule has 1 heterocycles. The summed E-state index contributed by atoms with van der Waals surface area (Å²) >= 11 is 0. The van der Waals surface area contributed by atoms with Crippen LogP contribution in [0.5, 0.6) is 11.6 Å². The van der Waals surface area contributed by atoms with E-state index < -0.39 is 11.2 Å². The number of nitrogens with one attached hydrogen (secondary N) is 1. The van der Waals surface area contributed by atoms with E-state index >= 15 is 0 Å². The number of aromatic nitrogens is 3. The lowest BCUT2D eigenvalue weighted by Gasteiger charge is -2.08. The quantitative estimate of drug-likeness (QED) is 0.850. The predicted octanol–water partition coefficient (Wildman–Crippen LogP) is -0.00930. The van der Waals surface area contributed by atoms with E-state index in [0.29, 0.717) is 12.3 Å². The minimum absolute atomic E-state index is 0.129. The van der Waals surface area contributed by atoms with Gasteiger partial charge in [-0.3, -0.25) is 9.36 Å². The van der Waals surface area contributed by atoms with E-state index in [2.05, 4.69) is 10.4 Å². The van der Waals surface area contributed by atoms with Gasteiger partial charge in [-0.2, -0.15) is 0 Å². The maximum Gasteiger partial charge on any atom is 0.347 e. The Labute approximate surface area is 115 Å². The van der Waals surface area contributed by atoms with Crippen molar-refractivity contribution >= 4 is 0 Å². The van der Waals surface area contributed by atoms with E-state index in [4.69, 9.17) is 4.74 Å². The number of hydrogen-bond acceptors (Lipinski definition) is 5. The first kappa shape index (κ1) is 14.0. The van der Waals surface area contributed by atoms with Crippen molar-refractivity contribution in [1.29, 1.82) is 0 Å². The van der Waals surface area contributed by atoms with Crippen molar-refractivity contribution in [1.82, 2.24) is 19.7 Å². The van der Waals surface area contributed by atoms with Crippen LogP contribution in [0.1, 0.15) is 5.56 Å². The Balaban J connectivity index is 2.38. The van der Waals surface area contributed by atoms with Crippen LogP contribution in [0.15, 0.2) is 33.9 Å². The normalized spacial score (nSPS) is 10.6. The summed E-state index contributed by atoms with van der Waals surface area (Å²) in [5.74, 6) is 0.372. The van der Waals surface area contributed by atoms with Crippen LogP contribution in [-0.2, 0) is 20.6 Å². The molecule has 0 saturated heterocycles. The van der Waals surface area contributed by atoms with Gasteiger partial charge in [-0.25, -0.2) is 9.48 Å². The molecule has 0 saturated carbocycles. The smallest absolute Gasteiger partial charge is 0.347 e. The van der Waals surface area contributed by atoms with Crippen molar-refractivity contribution < 1.29 is 4.74 Å². The van der Waals surface area contributed by atoms with E-state index in [1.54, 1.807) is 6.07 Å². The number of rotatable bonds is 4. The van der Waals surface area contributed by atoms with Crippen LogP contribution in [0.3, 0.4) is 0 Å². The van der Waals surface area contributed by atoms with Gasteiger partial charge < -0.3 is 10.1 Å². The van der Waals surface area contributed by atoms with Gasteiger partial charge in [0.05, 0.1) is 0 Å². The van der Waals surface area contributed by atoms with Gasteiger partial charge in [0, 0.05) is 20.6 Å². The molecule has 20 heavy (non-hydrogen) atoms. The molecule has 0 spiro atoms. The first-order chi connectivity index (χ1) is 9.52. The van der Waals surface area contributed by atoms with Crippen molar-refractivity contribution in [2.24, 2.45) is 14.1 Å². The first-order valence-electron chi connectivity index (χ1n) is 6.08. The van der Waals surface area contributed by atoms with Gasteiger partial charge >= 0.3 is 17.1 Å². The summed E-state index contributed by atoms with van der Waals surface area (Å²) in [5, 5.41) is 6.87. The van der Waals surface area contributed by atoms with Crippen LogP contribution in [0.2, 0.25) is 0 Å². The molecule has 0 aliphatic carbocycles. The van der Waals surface area contributed by atoms with Crippen LogP contribution in [-0.4, -0.2) is 21.4 Å². The van der Waals surface area contributed by atoms with E-state index in [-0.39, 0.29) is 5.88 Å². The molecule has 0 aliphatic heterocycles. The third-order valence-electron chi connectivity index (χ3n) is 2.79. The predicted molar refractivity (Wildman–Crippen MR) is 74.0 cm³/mol. The Kier molecular flexibility index (Phi) is 3.99. The zero-order chi connectivity index (χ0) is 14.7. The lowest BCUT2D eigenvalue weighted by Crippen LogP contribution is -2.38. The number of ether oxygens (including phenoxy) is 1. The molecule has 0 bridgehead atoms. The van der Waals surface area contributed by atoms with Crippen molar-refractivity contribution in [2.75, 3.05) is 7.05 Å². The highest BCUT2D eigenvalue weighted by Gasteiger charge is 2.11. The summed E-state index contributed by atoms with van der Waals surface area (Å²) in [4.78, 5) is 23.4. The second kappa shape index (κ2) is 5.70. The minimum atomic E-state index is -0.563. The summed E-state index contributed by atoms with van der Waals surface area (Å²) < 4.78 is 7.50. The van der Waals surface area contributed by atoms with Gasteiger partial charge in [-0.1, -0.05) is 12.1 Å². The van der Waals surface area contributed by atoms with Crippen molar-refractivity contribution in [2.45, 2.75) is 6.54 Å². The maximum absolute atomic E-state index is 11.9. The molecule has 2 rings (SSSR count).